The standard InChI is InChI=1S/C12H17BrN2O/c13-12-4-11(6-15-7-12)9-16-8-10-2-1-3-14-5-10/h4,6-7,10,14H,1-3,5,8-9H2. The Hall–Kier alpha value is -0.450. The minimum absolute atomic E-state index is 0.656. The average Bonchev–Trinajstić information content (AvgIpc) is 2.30. The lowest BCUT2D eigenvalue weighted by atomic mass is 10.0. The summed E-state index contributed by atoms with van der Waals surface area (Å²) in [5.41, 5.74) is 1.12. The van der Waals surface area contributed by atoms with Gasteiger partial charge in [-0.3, -0.25) is 4.98 Å². The molecular weight excluding hydrogens is 268 g/mol. The molecule has 0 aliphatic carbocycles. The zero-order valence-electron chi connectivity index (χ0n) is 9.29. The predicted molar refractivity (Wildman–Crippen MR) is 67.2 cm³/mol. The Morgan fingerprint density at radius 1 is 1.50 bits per heavy atom. The first-order chi connectivity index (χ1) is 7.84. The minimum atomic E-state index is 0.656. The molecule has 4 heteroatoms. The molecule has 1 aliphatic heterocycles. The molecule has 1 unspecified atom stereocenters. The highest BCUT2D eigenvalue weighted by Gasteiger charge is 2.12. The summed E-state index contributed by atoms with van der Waals surface area (Å²) < 4.78 is 6.72. The third kappa shape index (κ3) is 3.85. The average molecular weight is 285 g/mol. The van der Waals surface area contributed by atoms with E-state index in [0.717, 1.165) is 29.7 Å². The fourth-order valence-electron chi connectivity index (χ4n) is 1.94. The molecule has 0 bridgehead atoms. The summed E-state index contributed by atoms with van der Waals surface area (Å²) in [5.74, 6) is 0.675. The van der Waals surface area contributed by atoms with E-state index < -0.39 is 0 Å². The first-order valence-electron chi connectivity index (χ1n) is 5.72. The lowest BCUT2D eigenvalue weighted by molar-refractivity contribution is 0.0781. The van der Waals surface area contributed by atoms with E-state index in [4.69, 9.17) is 4.74 Å². The van der Waals surface area contributed by atoms with Crippen LogP contribution in [-0.2, 0) is 11.3 Å². The molecule has 1 atom stereocenters. The molecular formula is C12H17BrN2O. The molecule has 1 aliphatic rings. The Labute approximate surface area is 105 Å². The second kappa shape index (κ2) is 6.33. The van der Waals surface area contributed by atoms with Gasteiger partial charge in [-0.15, -0.1) is 0 Å². The summed E-state index contributed by atoms with van der Waals surface area (Å²) in [5, 5.41) is 3.39. The number of nitrogens with zero attached hydrogens (tertiary/aromatic N) is 1. The maximum atomic E-state index is 5.71. The molecule has 16 heavy (non-hydrogen) atoms. The third-order valence-corrected chi connectivity index (χ3v) is 3.22. The molecule has 0 saturated carbocycles. The van der Waals surface area contributed by atoms with Crippen molar-refractivity contribution in [2.24, 2.45) is 5.92 Å². The molecule has 0 aromatic carbocycles. The van der Waals surface area contributed by atoms with Crippen molar-refractivity contribution in [3.8, 4) is 0 Å². The number of halogens is 1. The fourth-order valence-corrected chi connectivity index (χ4v) is 2.36. The van der Waals surface area contributed by atoms with Crippen LogP contribution >= 0.6 is 15.9 Å². The zero-order chi connectivity index (χ0) is 11.2. The van der Waals surface area contributed by atoms with Crippen LogP contribution in [0.2, 0.25) is 0 Å². The molecule has 88 valence electrons. The summed E-state index contributed by atoms with van der Waals surface area (Å²) in [4.78, 5) is 4.11. The van der Waals surface area contributed by atoms with Gasteiger partial charge in [0.25, 0.3) is 0 Å². The van der Waals surface area contributed by atoms with Crippen LogP contribution < -0.4 is 5.32 Å². The van der Waals surface area contributed by atoms with Crippen LogP contribution in [0.3, 0.4) is 0 Å². The maximum Gasteiger partial charge on any atom is 0.0732 e. The zero-order valence-corrected chi connectivity index (χ0v) is 10.9. The topological polar surface area (TPSA) is 34.1 Å². The highest BCUT2D eigenvalue weighted by atomic mass is 79.9. The Kier molecular flexibility index (Phi) is 4.75. The van der Waals surface area contributed by atoms with E-state index in [1.165, 1.54) is 12.8 Å². The molecule has 1 fully saturated rings. The van der Waals surface area contributed by atoms with Gasteiger partial charge >= 0.3 is 0 Å². The lowest BCUT2D eigenvalue weighted by Gasteiger charge is -2.22. The smallest absolute Gasteiger partial charge is 0.0732 e. The largest absolute Gasteiger partial charge is 0.376 e. The van der Waals surface area contributed by atoms with Crippen LogP contribution in [0.15, 0.2) is 22.9 Å². The van der Waals surface area contributed by atoms with E-state index in [1.807, 2.05) is 12.3 Å². The molecule has 1 N–H and O–H groups in total. The molecule has 1 aromatic rings. The summed E-state index contributed by atoms with van der Waals surface area (Å²) >= 11 is 3.40. The van der Waals surface area contributed by atoms with Gasteiger partial charge < -0.3 is 10.1 Å². The van der Waals surface area contributed by atoms with Crippen LogP contribution in [0, 0.1) is 5.92 Å². The van der Waals surface area contributed by atoms with E-state index in [1.54, 1.807) is 6.20 Å². The Balaban J connectivity index is 1.71. The van der Waals surface area contributed by atoms with Crippen molar-refractivity contribution in [1.82, 2.24) is 10.3 Å². The molecule has 2 heterocycles. The van der Waals surface area contributed by atoms with Crippen LogP contribution in [0.25, 0.3) is 0 Å². The second-order valence-corrected chi connectivity index (χ2v) is 5.15. The number of piperidine rings is 1. The van der Waals surface area contributed by atoms with Crippen LogP contribution in [-0.4, -0.2) is 24.7 Å². The molecule has 0 radical (unpaired) electrons. The van der Waals surface area contributed by atoms with Gasteiger partial charge in [0.1, 0.15) is 0 Å². The number of aromatic nitrogens is 1. The normalized spacial score (nSPS) is 20.9. The maximum absolute atomic E-state index is 5.71. The van der Waals surface area contributed by atoms with Gasteiger partial charge in [0.2, 0.25) is 0 Å². The van der Waals surface area contributed by atoms with Crippen molar-refractivity contribution < 1.29 is 4.74 Å². The van der Waals surface area contributed by atoms with Crippen LogP contribution in [0.1, 0.15) is 18.4 Å². The molecule has 3 nitrogen and oxygen atoms in total. The third-order valence-electron chi connectivity index (χ3n) is 2.78. The monoisotopic (exact) mass is 284 g/mol. The van der Waals surface area contributed by atoms with Crippen molar-refractivity contribution >= 4 is 15.9 Å². The van der Waals surface area contributed by atoms with Crippen molar-refractivity contribution in [1.29, 1.82) is 0 Å². The number of rotatable bonds is 4. The van der Waals surface area contributed by atoms with Gasteiger partial charge in [0, 0.05) is 23.4 Å². The SMILES string of the molecule is Brc1cncc(COCC2CCCNC2)c1. The number of ether oxygens (including phenoxy) is 1. The summed E-state index contributed by atoms with van der Waals surface area (Å²) in [7, 11) is 0. The second-order valence-electron chi connectivity index (χ2n) is 4.24. The van der Waals surface area contributed by atoms with Gasteiger partial charge in [-0.05, 0) is 52.9 Å². The van der Waals surface area contributed by atoms with Crippen molar-refractivity contribution in [3.05, 3.63) is 28.5 Å². The van der Waals surface area contributed by atoms with Gasteiger partial charge in [-0.1, -0.05) is 0 Å². The summed E-state index contributed by atoms with van der Waals surface area (Å²) in [6, 6.07) is 2.05. The van der Waals surface area contributed by atoms with Crippen molar-refractivity contribution in [2.75, 3.05) is 19.7 Å². The van der Waals surface area contributed by atoms with E-state index in [9.17, 15) is 0 Å². The first-order valence-corrected chi connectivity index (χ1v) is 6.52. The van der Waals surface area contributed by atoms with Gasteiger partial charge in [-0.2, -0.15) is 0 Å². The first kappa shape index (κ1) is 12.0. The van der Waals surface area contributed by atoms with Crippen molar-refractivity contribution in [2.45, 2.75) is 19.4 Å². The number of nitrogens with one attached hydrogen (secondary N) is 1. The van der Waals surface area contributed by atoms with E-state index in [0.29, 0.717) is 12.5 Å². The number of pyridine rings is 1. The van der Waals surface area contributed by atoms with Gasteiger partial charge in [0.05, 0.1) is 13.2 Å². The van der Waals surface area contributed by atoms with Crippen LogP contribution in [0.5, 0.6) is 0 Å². The van der Waals surface area contributed by atoms with E-state index >= 15 is 0 Å². The molecule has 1 saturated heterocycles. The Morgan fingerprint density at radius 3 is 3.19 bits per heavy atom. The summed E-state index contributed by atoms with van der Waals surface area (Å²) in [6.07, 6.45) is 6.19. The fraction of sp³-hybridized carbons (Fsp3) is 0.583. The molecule has 2 rings (SSSR count). The Morgan fingerprint density at radius 2 is 2.44 bits per heavy atom. The van der Waals surface area contributed by atoms with E-state index in [2.05, 4.69) is 26.2 Å². The number of hydrogen-bond acceptors (Lipinski definition) is 3. The van der Waals surface area contributed by atoms with Gasteiger partial charge in [-0.25, -0.2) is 0 Å². The number of hydrogen-bond donors (Lipinski definition) is 1. The molecule has 1 aromatic heterocycles. The molecule has 0 amide bonds. The highest BCUT2D eigenvalue weighted by molar-refractivity contribution is 9.10. The Bertz CT molecular complexity index is 327. The quantitative estimate of drug-likeness (QED) is 0.922. The predicted octanol–water partition coefficient (Wildman–Crippen LogP) is 2.36. The lowest BCUT2D eigenvalue weighted by Crippen LogP contribution is -2.32. The van der Waals surface area contributed by atoms with Crippen LogP contribution in [0.4, 0.5) is 0 Å². The molecule has 0 spiro atoms. The minimum Gasteiger partial charge on any atom is -0.376 e. The summed E-state index contributed by atoms with van der Waals surface area (Å²) in [6.45, 7) is 3.76. The highest BCUT2D eigenvalue weighted by Crippen LogP contribution is 2.13. The van der Waals surface area contributed by atoms with Crippen molar-refractivity contribution in [3.63, 3.8) is 0 Å². The van der Waals surface area contributed by atoms with E-state index in [-0.39, 0.29) is 0 Å². The van der Waals surface area contributed by atoms with Gasteiger partial charge in [0.15, 0.2) is 0 Å².